The summed E-state index contributed by atoms with van der Waals surface area (Å²) >= 11 is 0. The van der Waals surface area contributed by atoms with Gasteiger partial charge in [0.2, 0.25) is 0 Å². The fraction of sp³-hybridized carbons (Fsp3) is 0.333. The van der Waals surface area contributed by atoms with E-state index >= 15 is 0 Å². The monoisotopic (exact) mass is 216 g/mol. The molecule has 84 valence electrons. The van der Waals surface area contributed by atoms with Crippen LogP contribution in [0, 0.1) is 6.92 Å². The largest absolute Gasteiger partial charge is 0.323 e. The Morgan fingerprint density at radius 1 is 1.38 bits per heavy atom. The summed E-state index contributed by atoms with van der Waals surface area (Å²) < 4.78 is 1.81. The molecule has 2 rings (SSSR count). The molecule has 0 aliphatic carbocycles. The summed E-state index contributed by atoms with van der Waals surface area (Å²) in [5.41, 5.74) is 8.92. The highest BCUT2D eigenvalue weighted by atomic mass is 15.3. The predicted octanol–water partition coefficient (Wildman–Crippen LogP) is 1.99. The highest BCUT2D eigenvalue weighted by Gasteiger charge is 2.05. The molecule has 4 nitrogen and oxygen atoms in total. The topological polar surface area (TPSA) is 56.7 Å². The second-order valence-electron chi connectivity index (χ2n) is 3.92. The van der Waals surface area contributed by atoms with Gasteiger partial charge in [0.1, 0.15) is 0 Å². The second kappa shape index (κ2) is 4.45. The Kier molecular flexibility index (Phi) is 3.01. The third kappa shape index (κ3) is 2.12. The lowest BCUT2D eigenvalue weighted by atomic mass is 10.1. The molecule has 0 amide bonds. The van der Waals surface area contributed by atoms with Gasteiger partial charge in [-0.05, 0) is 31.0 Å². The molecular weight excluding hydrogens is 200 g/mol. The first-order chi connectivity index (χ1) is 7.70. The van der Waals surface area contributed by atoms with Crippen molar-refractivity contribution in [3.05, 3.63) is 42.0 Å². The first-order valence-electron chi connectivity index (χ1n) is 5.44. The average molecular weight is 216 g/mol. The molecule has 0 radical (unpaired) electrons. The van der Waals surface area contributed by atoms with Crippen LogP contribution in [0.2, 0.25) is 0 Å². The molecule has 4 heteroatoms. The van der Waals surface area contributed by atoms with E-state index in [-0.39, 0.29) is 6.04 Å². The fourth-order valence-corrected chi connectivity index (χ4v) is 1.52. The zero-order valence-electron chi connectivity index (χ0n) is 9.59. The summed E-state index contributed by atoms with van der Waals surface area (Å²) in [4.78, 5) is 4.35. The predicted molar refractivity (Wildman–Crippen MR) is 63.3 cm³/mol. The molecule has 2 aromatic rings. The van der Waals surface area contributed by atoms with Crippen molar-refractivity contribution in [1.82, 2.24) is 14.8 Å². The van der Waals surface area contributed by atoms with E-state index in [0.717, 1.165) is 23.4 Å². The minimum atomic E-state index is 0.0217. The molecule has 0 fully saturated rings. The molecule has 0 aromatic carbocycles. The van der Waals surface area contributed by atoms with Crippen LogP contribution in [-0.2, 0) is 0 Å². The van der Waals surface area contributed by atoms with Crippen LogP contribution in [0.25, 0.3) is 5.69 Å². The third-order valence-corrected chi connectivity index (χ3v) is 2.57. The van der Waals surface area contributed by atoms with Crippen LogP contribution in [0.3, 0.4) is 0 Å². The number of pyridine rings is 1. The molecular formula is C12H16N4. The maximum Gasteiger partial charge on any atom is 0.0829 e. The molecule has 2 aromatic heterocycles. The van der Waals surface area contributed by atoms with Gasteiger partial charge >= 0.3 is 0 Å². The molecule has 0 saturated heterocycles. The van der Waals surface area contributed by atoms with Gasteiger partial charge in [-0.15, -0.1) is 0 Å². The minimum absolute atomic E-state index is 0.0217. The fourth-order valence-electron chi connectivity index (χ4n) is 1.52. The molecule has 0 aliphatic heterocycles. The van der Waals surface area contributed by atoms with Gasteiger partial charge in [0, 0.05) is 12.2 Å². The van der Waals surface area contributed by atoms with Crippen molar-refractivity contribution in [2.45, 2.75) is 26.3 Å². The normalized spacial score (nSPS) is 12.7. The summed E-state index contributed by atoms with van der Waals surface area (Å²) in [6.45, 7) is 4.06. The van der Waals surface area contributed by atoms with Gasteiger partial charge in [-0.2, -0.15) is 5.10 Å². The quantitative estimate of drug-likeness (QED) is 0.853. The van der Waals surface area contributed by atoms with Crippen molar-refractivity contribution in [3.8, 4) is 5.69 Å². The van der Waals surface area contributed by atoms with Gasteiger partial charge in [-0.1, -0.05) is 6.92 Å². The van der Waals surface area contributed by atoms with Crippen LogP contribution in [0.15, 0.2) is 30.7 Å². The molecule has 0 bridgehead atoms. The maximum atomic E-state index is 5.90. The SMILES string of the molecule is CC[C@H](N)c1ccc(-n2cc(C)cn2)cn1. The first-order valence-corrected chi connectivity index (χ1v) is 5.44. The van der Waals surface area contributed by atoms with Crippen LogP contribution in [0.5, 0.6) is 0 Å². The molecule has 0 unspecified atom stereocenters. The molecule has 1 atom stereocenters. The van der Waals surface area contributed by atoms with E-state index in [9.17, 15) is 0 Å². The smallest absolute Gasteiger partial charge is 0.0829 e. The van der Waals surface area contributed by atoms with Gasteiger partial charge < -0.3 is 5.73 Å². The van der Waals surface area contributed by atoms with Crippen molar-refractivity contribution in [1.29, 1.82) is 0 Å². The zero-order chi connectivity index (χ0) is 11.5. The Labute approximate surface area is 95.1 Å². The number of aryl methyl sites for hydroxylation is 1. The van der Waals surface area contributed by atoms with E-state index in [2.05, 4.69) is 17.0 Å². The number of hydrogen-bond acceptors (Lipinski definition) is 3. The van der Waals surface area contributed by atoms with Gasteiger partial charge in [-0.3, -0.25) is 4.98 Å². The van der Waals surface area contributed by atoms with E-state index in [4.69, 9.17) is 5.73 Å². The molecule has 0 aliphatic rings. The molecule has 16 heavy (non-hydrogen) atoms. The van der Waals surface area contributed by atoms with Crippen molar-refractivity contribution < 1.29 is 0 Å². The van der Waals surface area contributed by atoms with Crippen molar-refractivity contribution in [3.63, 3.8) is 0 Å². The summed E-state index contributed by atoms with van der Waals surface area (Å²) in [5, 5.41) is 4.23. The lowest BCUT2D eigenvalue weighted by Crippen LogP contribution is -2.10. The summed E-state index contributed by atoms with van der Waals surface area (Å²) in [6.07, 6.45) is 6.49. The first kappa shape index (κ1) is 10.8. The standard InChI is InChI=1S/C12H16N4/c1-3-11(13)12-5-4-10(7-14-12)16-8-9(2)6-15-16/h4-8,11H,3,13H2,1-2H3/t11-/m0/s1. The van der Waals surface area contributed by atoms with E-state index in [1.165, 1.54) is 0 Å². The number of rotatable bonds is 3. The highest BCUT2D eigenvalue weighted by Crippen LogP contribution is 2.13. The van der Waals surface area contributed by atoms with Crippen molar-refractivity contribution in [2.75, 3.05) is 0 Å². The van der Waals surface area contributed by atoms with Crippen molar-refractivity contribution in [2.24, 2.45) is 5.73 Å². The van der Waals surface area contributed by atoms with Crippen LogP contribution in [-0.4, -0.2) is 14.8 Å². The number of nitrogens with two attached hydrogens (primary N) is 1. The molecule has 2 heterocycles. The van der Waals surface area contributed by atoms with Crippen molar-refractivity contribution >= 4 is 0 Å². The Balaban J connectivity index is 2.25. The Hall–Kier alpha value is -1.68. The lowest BCUT2D eigenvalue weighted by Gasteiger charge is -2.08. The van der Waals surface area contributed by atoms with Gasteiger partial charge in [0.05, 0.1) is 23.8 Å². The number of nitrogens with zero attached hydrogens (tertiary/aromatic N) is 3. The molecule has 0 spiro atoms. The summed E-state index contributed by atoms with van der Waals surface area (Å²) in [6, 6.07) is 3.97. The average Bonchev–Trinajstić information content (AvgIpc) is 2.75. The van der Waals surface area contributed by atoms with E-state index in [0.29, 0.717) is 0 Å². The maximum absolute atomic E-state index is 5.90. The van der Waals surface area contributed by atoms with Crippen LogP contribution < -0.4 is 5.73 Å². The van der Waals surface area contributed by atoms with Gasteiger partial charge in [0.25, 0.3) is 0 Å². The Morgan fingerprint density at radius 3 is 2.69 bits per heavy atom. The third-order valence-electron chi connectivity index (χ3n) is 2.57. The lowest BCUT2D eigenvalue weighted by molar-refractivity contribution is 0.674. The Bertz CT molecular complexity index is 458. The summed E-state index contributed by atoms with van der Waals surface area (Å²) in [5.74, 6) is 0. The second-order valence-corrected chi connectivity index (χ2v) is 3.92. The van der Waals surface area contributed by atoms with E-state index in [1.54, 1.807) is 6.20 Å². The zero-order valence-corrected chi connectivity index (χ0v) is 9.59. The van der Waals surface area contributed by atoms with E-state index in [1.807, 2.05) is 36.1 Å². The highest BCUT2D eigenvalue weighted by molar-refractivity contribution is 5.30. The van der Waals surface area contributed by atoms with Crippen LogP contribution in [0.4, 0.5) is 0 Å². The van der Waals surface area contributed by atoms with E-state index < -0.39 is 0 Å². The minimum Gasteiger partial charge on any atom is -0.323 e. The van der Waals surface area contributed by atoms with Gasteiger partial charge in [0.15, 0.2) is 0 Å². The summed E-state index contributed by atoms with van der Waals surface area (Å²) in [7, 11) is 0. The number of hydrogen-bond donors (Lipinski definition) is 1. The van der Waals surface area contributed by atoms with Crippen LogP contribution in [0.1, 0.15) is 30.6 Å². The van der Waals surface area contributed by atoms with Gasteiger partial charge in [-0.25, -0.2) is 4.68 Å². The van der Waals surface area contributed by atoms with Crippen LogP contribution >= 0.6 is 0 Å². The Morgan fingerprint density at radius 2 is 2.19 bits per heavy atom. The number of aromatic nitrogens is 3. The molecule has 0 saturated carbocycles. The molecule has 2 N–H and O–H groups in total.